The van der Waals surface area contributed by atoms with Crippen LogP contribution in [0.25, 0.3) is 0 Å². The predicted octanol–water partition coefficient (Wildman–Crippen LogP) is 10.5. The van der Waals surface area contributed by atoms with E-state index in [4.69, 9.17) is 16.3 Å². The van der Waals surface area contributed by atoms with Crippen molar-refractivity contribution in [3.8, 4) is 5.75 Å². The summed E-state index contributed by atoms with van der Waals surface area (Å²) in [6.07, 6.45) is 14.8. The second-order valence-electron chi connectivity index (χ2n) is 12.1. The zero-order chi connectivity index (χ0) is 34.5. The van der Waals surface area contributed by atoms with Gasteiger partial charge in [-0.2, -0.15) is 0 Å². The van der Waals surface area contributed by atoms with Crippen molar-refractivity contribution in [3.63, 3.8) is 0 Å². The van der Waals surface area contributed by atoms with Crippen LogP contribution in [0.3, 0.4) is 0 Å². The number of benzene rings is 3. The van der Waals surface area contributed by atoms with E-state index < -0.39 is 41.3 Å². The van der Waals surface area contributed by atoms with Crippen molar-refractivity contribution in [1.29, 1.82) is 0 Å². The summed E-state index contributed by atoms with van der Waals surface area (Å²) < 4.78 is 62.2. The fraction of sp³-hybridized carbons (Fsp3) is 0.459. The molecule has 3 aromatic carbocycles. The van der Waals surface area contributed by atoms with Crippen LogP contribution < -0.4 is 15.0 Å². The molecule has 3 aromatic rings. The Bertz CT molecular complexity index is 1530. The highest BCUT2D eigenvalue weighted by Crippen LogP contribution is 2.39. The van der Waals surface area contributed by atoms with Gasteiger partial charge in [0.2, 0.25) is 5.91 Å². The van der Waals surface area contributed by atoms with E-state index in [1.54, 1.807) is 12.1 Å². The lowest BCUT2D eigenvalue weighted by Crippen LogP contribution is -2.35. The molecule has 0 unspecified atom stereocenters. The summed E-state index contributed by atoms with van der Waals surface area (Å²) in [4.78, 5) is 27.8. The lowest BCUT2D eigenvalue weighted by atomic mass is 10.1. The van der Waals surface area contributed by atoms with E-state index in [9.17, 15) is 22.8 Å². The number of hydrogen-bond donors (Lipinski definition) is 1. The molecular formula is C37H43ClF4N2O3S. The first-order valence-electron chi connectivity index (χ1n) is 16.8. The van der Waals surface area contributed by atoms with Crippen LogP contribution in [0.1, 0.15) is 105 Å². The number of rotatable bonds is 19. The molecule has 0 saturated carbocycles. The van der Waals surface area contributed by atoms with Gasteiger partial charge in [-0.05, 0) is 36.8 Å². The Morgan fingerprint density at radius 2 is 1.46 bits per heavy atom. The molecule has 2 amide bonds. The first kappa shape index (κ1) is 37.6. The summed E-state index contributed by atoms with van der Waals surface area (Å²) in [5, 5.41) is 2.55. The SMILES string of the molecule is CCCCCCCCCCCCCCOc1ccc(F)c(CN2C(=O)CSc3cc(C(=O)NCc4c(F)cc(F)cc4F)ccc32)c1Cl. The van der Waals surface area contributed by atoms with Gasteiger partial charge in [-0.3, -0.25) is 9.59 Å². The highest BCUT2D eigenvalue weighted by Gasteiger charge is 2.28. The topological polar surface area (TPSA) is 58.6 Å². The molecule has 5 nitrogen and oxygen atoms in total. The van der Waals surface area contributed by atoms with Gasteiger partial charge in [0.15, 0.2) is 0 Å². The number of anilines is 1. The van der Waals surface area contributed by atoms with E-state index in [1.165, 1.54) is 92.6 Å². The third-order valence-corrected chi connectivity index (χ3v) is 9.86. The smallest absolute Gasteiger partial charge is 0.251 e. The van der Waals surface area contributed by atoms with Crippen molar-refractivity contribution < 1.29 is 31.9 Å². The molecular weight excluding hydrogens is 664 g/mol. The number of ether oxygens (including phenoxy) is 1. The van der Waals surface area contributed by atoms with Crippen LogP contribution in [-0.4, -0.2) is 24.2 Å². The molecule has 0 aromatic heterocycles. The first-order chi connectivity index (χ1) is 23.2. The van der Waals surface area contributed by atoms with Gasteiger partial charge >= 0.3 is 0 Å². The fourth-order valence-electron chi connectivity index (χ4n) is 5.65. The van der Waals surface area contributed by atoms with Crippen LogP contribution in [0.5, 0.6) is 5.75 Å². The number of unbranched alkanes of at least 4 members (excludes halogenated alkanes) is 11. The average molecular weight is 707 g/mol. The van der Waals surface area contributed by atoms with Gasteiger partial charge in [0.05, 0.1) is 29.6 Å². The van der Waals surface area contributed by atoms with Gasteiger partial charge in [0, 0.05) is 40.3 Å². The number of fused-ring (bicyclic) bond motifs is 1. The number of halogens is 5. The Balaban J connectivity index is 1.29. The second-order valence-corrected chi connectivity index (χ2v) is 13.5. The van der Waals surface area contributed by atoms with Gasteiger partial charge in [0.1, 0.15) is 29.0 Å². The van der Waals surface area contributed by atoms with E-state index in [-0.39, 0.29) is 34.4 Å². The van der Waals surface area contributed by atoms with E-state index in [0.29, 0.717) is 35.1 Å². The Morgan fingerprint density at radius 1 is 0.833 bits per heavy atom. The van der Waals surface area contributed by atoms with Crippen molar-refractivity contribution >= 4 is 40.9 Å². The van der Waals surface area contributed by atoms with E-state index in [1.807, 2.05) is 0 Å². The van der Waals surface area contributed by atoms with Gasteiger partial charge < -0.3 is 15.0 Å². The number of thioether (sulfide) groups is 1. The third kappa shape index (κ3) is 10.6. The highest BCUT2D eigenvalue weighted by molar-refractivity contribution is 8.00. The summed E-state index contributed by atoms with van der Waals surface area (Å²) in [7, 11) is 0. The fourth-order valence-corrected chi connectivity index (χ4v) is 6.89. The molecule has 1 heterocycles. The van der Waals surface area contributed by atoms with Crippen LogP contribution in [0.15, 0.2) is 47.4 Å². The summed E-state index contributed by atoms with van der Waals surface area (Å²) >= 11 is 7.82. The van der Waals surface area contributed by atoms with Crippen LogP contribution >= 0.6 is 23.4 Å². The van der Waals surface area contributed by atoms with Gasteiger partial charge in [-0.15, -0.1) is 11.8 Å². The Morgan fingerprint density at radius 3 is 2.10 bits per heavy atom. The normalized spacial score (nSPS) is 12.7. The monoisotopic (exact) mass is 706 g/mol. The molecule has 0 atom stereocenters. The molecule has 0 saturated heterocycles. The molecule has 260 valence electrons. The van der Waals surface area contributed by atoms with Crippen molar-refractivity contribution in [3.05, 3.63) is 87.4 Å². The second kappa shape index (κ2) is 19.1. The first-order valence-corrected chi connectivity index (χ1v) is 18.1. The van der Waals surface area contributed by atoms with Gasteiger partial charge in [-0.1, -0.05) is 89.2 Å². The number of nitrogens with zero attached hydrogens (tertiary/aromatic N) is 1. The van der Waals surface area contributed by atoms with E-state index in [0.717, 1.165) is 19.3 Å². The number of nitrogens with one attached hydrogen (secondary N) is 1. The highest BCUT2D eigenvalue weighted by atomic mass is 35.5. The van der Waals surface area contributed by atoms with Crippen LogP contribution in [0.4, 0.5) is 23.2 Å². The van der Waals surface area contributed by atoms with Crippen molar-refractivity contribution in [2.75, 3.05) is 17.3 Å². The maximum absolute atomic E-state index is 15.0. The summed E-state index contributed by atoms with van der Waals surface area (Å²) in [6.45, 7) is 2.07. The van der Waals surface area contributed by atoms with E-state index >= 15 is 4.39 Å². The number of carbonyl (C=O) groups excluding carboxylic acids is 2. The Labute approximate surface area is 289 Å². The quantitative estimate of drug-likeness (QED) is 0.0996. The van der Waals surface area contributed by atoms with Crippen LogP contribution in [0.2, 0.25) is 5.02 Å². The molecule has 0 aliphatic carbocycles. The van der Waals surface area contributed by atoms with Crippen LogP contribution in [0, 0.1) is 23.3 Å². The largest absolute Gasteiger partial charge is 0.492 e. The Hall–Kier alpha value is -3.24. The Kier molecular flexibility index (Phi) is 14.9. The van der Waals surface area contributed by atoms with Crippen molar-refractivity contribution in [2.24, 2.45) is 0 Å². The molecule has 0 fully saturated rings. The summed E-state index contributed by atoms with van der Waals surface area (Å²) in [5.41, 5.74) is 0.325. The van der Waals surface area contributed by atoms with E-state index in [2.05, 4.69) is 12.2 Å². The van der Waals surface area contributed by atoms with Crippen molar-refractivity contribution in [1.82, 2.24) is 5.32 Å². The number of amides is 2. The zero-order valence-electron chi connectivity index (χ0n) is 27.3. The molecule has 1 aliphatic rings. The molecule has 48 heavy (non-hydrogen) atoms. The maximum Gasteiger partial charge on any atom is 0.251 e. The number of hydrogen-bond acceptors (Lipinski definition) is 4. The molecule has 1 N–H and O–H groups in total. The minimum atomic E-state index is -1.10. The number of carbonyl (C=O) groups is 2. The maximum atomic E-state index is 15.0. The zero-order valence-corrected chi connectivity index (χ0v) is 28.9. The molecule has 1 aliphatic heterocycles. The minimum Gasteiger partial charge on any atom is -0.492 e. The molecule has 0 bridgehead atoms. The average Bonchev–Trinajstić information content (AvgIpc) is 3.06. The lowest BCUT2D eigenvalue weighted by Gasteiger charge is -2.30. The minimum absolute atomic E-state index is 0.0540. The molecule has 11 heteroatoms. The molecule has 0 spiro atoms. The lowest BCUT2D eigenvalue weighted by molar-refractivity contribution is -0.116. The standard InChI is InChI=1S/C37H43ClF4N2O3S/c1-2-3-4-5-6-7-8-9-10-11-12-13-18-47-33-17-15-29(40)28(36(33)38)23-44-32-16-14-25(19-34(32)48-24-35(44)45)37(46)43-22-27-30(41)20-26(39)21-31(27)42/h14-17,19-21H,2-13,18,22-24H2,1H3,(H,43,46). The summed E-state index contributed by atoms with van der Waals surface area (Å²) in [5.74, 6) is -4.29. The molecule has 0 radical (unpaired) electrons. The van der Waals surface area contributed by atoms with Crippen LogP contribution in [-0.2, 0) is 17.9 Å². The van der Waals surface area contributed by atoms with Crippen molar-refractivity contribution in [2.45, 2.75) is 102 Å². The van der Waals surface area contributed by atoms with Gasteiger partial charge in [-0.25, -0.2) is 17.6 Å². The van der Waals surface area contributed by atoms with Gasteiger partial charge in [0.25, 0.3) is 5.91 Å². The third-order valence-electron chi connectivity index (χ3n) is 8.42. The molecule has 4 rings (SSSR count). The summed E-state index contributed by atoms with van der Waals surface area (Å²) in [6, 6.07) is 8.45. The predicted molar refractivity (Wildman–Crippen MR) is 184 cm³/mol.